The Morgan fingerprint density at radius 1 is 1.28 bits per heavy atom. The lowest BCUT2D eigenvalue weighted by molar-refractivity contribution is -0.154. The maximum atomic E-state index is 12.9. The number of amides is 1. The normalized spacial score (nSPS) is 43.4. The molecule has 0 bridgehead atoms. The number of nitrogens with two attached hydrogens (primary N) is 1. The van der Waals surface area contributed by atoms with Gasteiger partial charge in [0.2, 0.25) is 5.91 Å². The van der Waals surface area contributed by atoms with E-state index in [1.54, 1.807) is 0 Å². The molecule has 2 saturated carbocycles. The van der Waals surface area contributed by atoms with E-state index in [1.165, 1.54) is 32.1 Å². The monoisotopic (exact) mass is 250 g/mol. The molecular weight excluding hydrogens is 224 g/mol. The molecule has 0 radical (unpaired) electrons. The highest BCUT2D eigenvalue weighted by molar-refractivity contribution is 5.84. The molecule has 3 fully saturated rings. The number of carbonyl (C=O) groups is 1. The summed E-state index contributed by atoms with van der Waals surface area (Å²) in [5.41, 5.74) is 5.74. The van der Waals surface area contributed by atoms with Crippen molar-refractivity contribution in [2.24, 2.45) is 23.0 Å². The number of hydrogen-bond donors (Lipinski definition) is 1. The van der Waals surface area contributed by atoms with Crippen LogP contribution in [0.25, 0.3) is 0 Å². The van der Waals surface area contributed by atoms with Gasteiger partial charge in [0.1, 0.15) is 0 Å². The van der Waals surface area contributed by atoms with Gasteiger partial charge in [-0.2, -0.15) is 0 Å². The van der Waals surface area contributed by atoms with Crippen molar-refractivity contribution < 1.29 is 4.79 Å². The van der Waals surface area contributed by atoms with Gasteiger partial charge in [0.15, 0.2) is 0 Å². The standard InChI is InChI=1S/C15H26N2O/c1-11-8-15(9-11,10-16)14(18)17-7-3-5-12-4-2-6-13(12)17/h11-13H,2-10,16H2,1H3. The van der Waals surface area contributed by atoms with Crippen LogP contribution in [0.2, 0.25) is 0 Å². The SMILES string of the molecule is CC1CC(CN)(C(=O)N2CCCC3CCCC32)C1. The van der Waals surface area contributed by atoms with Crippen LogP contribution < -0.4 is 5.73 Å². The second kappa shape index (κ2) is 4.52. The number of piperidine rings is 1. The van der Waals surface area contributed by atoms with E-state index >= 15 is 0 Å². The quantitative estimate of drug-likeness (QED) is 0.816. The molecule has 102 valence electrons. The molecule has 1 heterocycles. The molecular formula is C15H26N2O. The molecule has 1 saturated heterocycles. The van der Waals surface area contributed by atoms with E-state index in [0.717, 1.165) is 25.3 Å². The molecule has 0 aromatic heterocycles. The van der Waals surface area contributed by atoms with E-state index in [0.29, 0.717) is 24.4 Å². The summed E-state index contributed by atoms with van der Waals surface area (Å²) in [6.07, 6.45) is 8.42. The summed E-state index contributed by atoms with van der Waals surface area (Å²) in [6.45, 7) is 3.76. The van der Waals surface area contributed by atoms with Gasteiger partial charge in [0, 0.05) is 19.1 Å². The smallest absolute Gasteiger partial charge is 0.230 e. The molecule has 18 heavy (non-hydrogen) atoms. The number of nitrogens with zero attached hydrogens (tertiary/aromatic N) is 1. The van der Waals surface area contributed by atoms with E-state index in [9.17, 15) is 4.79 Å². The largest absolute Gasteiger partial charge is 0.339 e. The fraction of sp³-hybridized carbons (Fsp3) is 0.933. The minimum Gasteiger partial charge on any atom is -0.339 e. The number of rotatable bonds is 2. The molecule has 2 atom stereocenters. The first kappa shape index (κ1) is 12.5. The minimum atomic E-state index is -0.191. The lowest BCUT2D eigenvalue weighted by Gasteiger charge is -2.50. The molecule has 3 aliphatic rings. The van der Waals surface area contributed by atoms with Gasteiger partial charge >= 0.3 is 0 Å². The molecule has 3 rings (SSSR count). The average Bonchev–Trinajstić information content (AvgIpc) is 2.81. The second-order valence-corrected chi connectivity index (χ2v) is 6.90. The van der Waals surface area contributed by atoms with Gasteiger partial charge in [-0.05, 0) is 50.4 Å². The van der Waals surface area contributed by atoms with Crippen LogP contribution in [0, 0.1) is 17.3 Å². The van der Waals surface area contributed by atoms with Gasteiger partial charge in [-0.1, -0.05) is 13.3 Å². The molecule has 1 aliphatic heterocycles. The maximum Gasteiger partial charge on any atom is 0.230 e. The average molecular weight is 250 g/mol. The minimum absolute atomic E-state index is 0.191. The Bertz CT molecular complexity index is 335. The van der Waals surface area contributed by atoms with Crippen molar-refractivity contribution in [3.05, 3.63) is 0 Å². The van der Waals surface area contributed by atoms with Crippen LogP contribution in [0.3, 0.4) is 0 Å². The predicted molar refractivity (Wildman–Crippen MR) is 72.0 cm³/mol. The highest BCUT2D eigenvalue weighted by Gasteiger charge is 2.51. The number of fused-ring (bicyclic) bond motifs is 1. The molecule has 2 unspecified atom stereocenters. The van der Waals surface area contributed by atoms with E-state index in [4.69, 9.17) is 5.73 Å². The number of likely N-dealkylation sites (tertiary alicyclic amines) is 1. The van der Waals surface area contributed by atoms with E-state index < -0.39 is 0 Å². The number of hydrogen-bond acceptors (Lipinski definition) is 2. The van der Waals surface area contributed by atoms with Crippen molar-refractivity contribution in [1.29, 1.82) is 0 Å². The topological polar surface area (TPSA) is 46.3 Å². The third-order valence-corrected chi connectivity index (χ3v) is 5.58. The van der Waals surface area contributed by atoms with Crippen LogP contribution in [0.15, 0.2) is 0 Å². The highest BCUT2D eigenvalue weighted by atomic mass is 16.2. The zero-order chi connectivity index (χ0) is 12.8. The number of carbonyl (C=O) groups excluding carboxylic acids is 1. The van der Waals surface area contributed by atoms with Crippen LogP contribution in [0.4, 0.5) is 0 Å². The fourth-order valence-corrected chi connectivity index (χ4v) is 4.71. The van der Waals surface area contributed by atoms with Gasteiger partial charge in [-0.3, -0.25) is 4.79 Å². The van der Waals surface area contributed by atoms with Gasteiger partial charge in [0.05, 0.1) is 5.41 Å². The van der Waals surface area contributed by atoms with Crippen LogP contribution in [-0.2, 0) is 4.79 Å². The molecule has 3 nitrogen and oxygen atoms in total. The van der Waals surface area contributed by atoms with Crippen LogP contribution in [0.1, 0.15) is 51.9 Å². The Balaban J connectivity index is 1.75. The summed E-state index contributed by atoms with van der Waals surface area (Å²) in [4.78, 5) is 15.1. The third kappa shape index (κ3) is 1.78. The van der Waals surface area contributed by atoms with Crippen LogP contribution in [0.5, 0.6) is 0 Å². The van der Waals surface area contributed by atoms with Gasteiger partial charge < -0.3 is 10.6 Å². The lowest BCUT2D eigenvalue weighted by Crippen LogP contribution is -2.58. The molecule has 0 aromatic carbocycles. The Kier molecular flexibility index (Phi) is 3.13. The molecule has 3 heteroatoms. The Labute approximate surface area is 110 Å². The fourth-order valence-electron chi connectivity index (χ4n) is 4.71. The summed E-state index contributed by atoms with van der Waals surface area (Å²) < 4.78 is 0. The molecule has 0 spiro atoms. The van der Waals surface area contributed by atoms with Crippen molar-refractivity contribution in [3.8, 4) is 0 Å². The van der Waals surface area contributed by atoms with Crippen molar-refractivity contribution in [2.75, 3.05) is 13.1 Å². The third-order valence-electron chi connectivity index (χ3n) is 5.58. The van der Waals surface area contributed by atoms with E-state index in [1.807, 2.05) is 0 Å². The second-order valence-electron chi connectivity index (χ2n) is 6.90. The van der Waals surface area contributed by atoms with Gasteiger partial charge in [-0.25, -0.2) is 0 Å². The Morgan fingerprint density at radius 3 is 2.67 bits per heavy atom. The molecule has 2 aliphatic carbocycles. The molecule has 2 N–H and O–H groups in total. The van der Waals surface area contributed by atoms with Crippen molar-refractivity contribution in [2.45, 2.75) is 57.9 Å². The Hall–Kier alpha value is -0.570. The van der Waals surface area contributed by atoms with Crippen molar-refractivity contribution in [3.63, 3.8) is 0 Å². The van der Waals surface area contributed by atoms with E-state index in [-0.39, 0.29) is 5.41 Å². The predicted octanol–water partition coefficient (Wildman–Crippen LogP) is 2.15. The van der Waals surface area contributed by atoms with Crippen molar-refractivity contribution in [1.82, 2.24) is 4.90 Å². The summed E-state index contributed by atoms with van der Waals surface area (Å²) in [5, 5.41) is 0. The summed E-state index contributed by atoms with van der Waals surface area (Å²) in [7, 11) is 0. The molecule has 0 aromatic rings. The summed E-state index contributed by atoms with van der Waals surface area (Å²) in [6, 6.07) is 0.547. The first-order chi connectivity index (χ1) is 8.66. The van der Waals surface area contributed by atoms with Gasteiger partial charge in [-0.15, -0.1) is 0 Å². The summed E-state index contributed by atoms with van der Waals surface area (Å²) >= 11 is 0. The van der Waals surface area contributed by atoms with E-state index in [2.05, 4.69) is 11.8 Å². The zero-order valence-electron chi connectivity index (χ0n) is 11.5. The zero-order valence-corrected chi connectivity index (χ0v) is 11.5. The van der Waals surface area contributed by atoms with Crippen molar-refractivity contribution >= 4 is 5.91 Å². The summed E-state index contributed by atoms with van der Waals surface area (Å²) in [5.74, 6) is 1.86. The van der Waals surface area contributed by atoms with Crippen LogP contribution >= 0.6 is 0 Å². The first-order valence-corrected chi connectivity index (χ1v) is 7.67. The lowest BCUT2D eigenvalue weighted by atomic mass is 9.61. The van der Waals surface area contributed by atoms with Crippen LogP contribution in [-0.4, -0.2) is 29.9 Å². The Morgan fingerprint density at radius 2 is 2.00 bits per heavy atom. The molecule has 1 amide bonds. The highest BCUT2D eigenvalue weighted by Crippen LogP contribution is 2.48. The van der Waals surface area contributed by atoms with Gasteiger partial charge in [0.25, 0.3) is 0 Å². The maximum absolute atomic E-state index is 12.9. The first-order valence-electron chi connectivity index (χ1n) is 7.67.